The molecule has 0 saturated carbocycles. The summed E-state index contributed by atoms with van der Waals surface area (Å²) in [4.78, 5) is 39.9. The molecule has 0 aliphatic carbocycles. The standard InChI is InChI=1S/C23H28N6O5S.ClH/c24-21(31)18(10-14-4-3-9-28(13-14)23(25)26)20-22(32)27-12-19(30)29(20)35(33,34)17-8-7-15-5-1-2-6-16(15)11-17;/h1-2,5-8,11,14,18,20H,3-4,9-10,12-13H2,(H2,24,31)(H3,25,26)(H,27,32);1H/t14-,18-,20-;/m0./s1. The van der Waals surface area contributed by atoms with Crippen LogP contribution in [-0.4, -0.2) is 67.0 Å². The van der Waals surface area contributed by atoms with Crippen molar-refractivity contribution in [3.8, 4) is 0 Å². The van der Waals surface area contributed by atoms with Gasteiger partial charge in [0.15, 0.2) is 5.96 Å². The van der Waals surface area contributed by atoms with E-state index in [-0.39, 0.29) is 35.6 Å². The number of piperazine rings is 1. The SMILES string of the molecule is Cl.N=C(N)N1CCC[C@@H](C[C@H](C(N)=O)[C@H]2C(=O)NCC(=O)N2S(=O)(=O)c2ccc3ccccc3c2)C1. The van der Waals surface area contributed by atoms with Crippen LogP contribution in [-0.2, 0) is 24.4 Å². The van der Waals surface area contributed by atoms with Gasteiger partial charge in [-0.3, -0.25) is 19.8 Å². The number of carbonyl (C=O) groups is 3. The van der Waals surface area contributed by atoms with Gasteiger partial charge in [0.1, 0.15) is 6.04 Å². The molecule has 4 rings (SSSR count). The fourth-order valence-electron chi connectivity index (χ4n) is 4.91. The van der Waals surface area contributed by atoms with Gasteiger partial charge in [-0.2, -0.15) is 0 Å². The monoisotopic (exact) mass is 536 g/mol. The maximum absolute atomic E-state index is 13.7. The van der Waals surface area contributed by atoms with Crippen LogP contribution in [0.3, 0.4) is 0 Å². The molecule has 2 aliphatic heterocycles. The Hall–Kier alpha value is -3.38. The lowest BCUT2D eigenvalue weighted by Gasteiger charge is -2.39. The number of benzene rings is 2. The van der Waals surface area contributed by atoms with Crippen molar-refractivity contribution in [2.75, 3.05) is 19.6 Å². The number of nitrogens with one attached hydrogen (secondary N) is 2. The third-order valence-electron chi connectivity index (χ3n) is 6.65. The minimum absolute atomic E-state index is 0. The van der Waals surface area contributed by atoms with E-state index in [1.807, 2.05) is 12.1 Å². The summed E-state index contributed by atoms with van der Waals surface area (Å²) in [6.45, 7) is 0.464. The number of guanidine groups is 1. The van der Waals surface area contributed by atoms with Crippen LogP contribution < -0.4 is 16.8 Å². The van der Waals surface area contributed by atoms with Gasteiger partial charge < -0.3 is 21.7 Å². The van der Waals surface area contributed by atoms with E-state index in [9.17, 15) is 22.8 Å². The Kier molecular flexibility index (Phi) is 8.09. The Balaban J connectivity index is 0.00000361. The van der Waals surface area contributed by atoms with Crippen molar-refractivity contribution in [2.45, 2.75) is 30.2 Å². The number of nitrogens with zero attached hydrogens (tertiary/aromatic N) is 2. The zero-order valence-electron chi connectivity index (χ0n) is 19.4. The predicted molar refractivity (Wildman–Crippen MR) is 136 cm³/mol. The summed E-state index contributed by atoms with van der Waals surface area (Å²) in [7, 11) is -4.48. The summed E-state index contributed by atoms with van der Waals surface area (Å²) in [5.41, 5.74) is 11.3. The van der Waals surface area contributed by atoms with E-state index < -0.39 is 46.2 Å². The van der Waals surface area contributed by atoms with Gasteiger partial charge in [0.2, 0.25) is 11.8 Å². The summed E-state index contributed by atoms with van der Waals surface area (Å²) in [6.07, 6.45) is 1.48. The number of amides is 3. The number of halogens is 1. The van der Waals surface area contributed by atoms with E-state index in [1.54, 1.807) is 23.1 Å². The van der Waals surface area contributed by atoms with Crippen LogP contribution in [0.4, 0.5) is 0 Å². The topological polar surface area (TPSA) is 180 Å². The highest BCUT2D eigenvalue weighted by Crippen LogP contribution is 2.32. The zero-order chi connectivity index (χ0) is 25.3. The van der Waals surface area contributed by atoms with Crippen LogP contribution in [0.15, 0.2) is 47.4 Å². The van der Waals surface area contributed by atoms with Crippen molar-refractivity contribution in [2.24, 2.45) is 23.3 Å². The molecule has 3 amide bonds. The number of piperidine rings is 1. The molecule has 3 atom stereocenters. The van der Waals surface area contributed by atoms with Crippen LogP contribution in [0, 0.1) is 17.2 Å². The average molecular weight is 537 g/mol. The van der Waals surface area contributed by atoms with Gasteiger partial charge in [0.25, 0.3) is 15.9 Å². The number of hydrogen-bond donors (Lipinski definition) is 4. The van der Waals surface area contributed by atoms with Crippen molar-refractivity contribution in [3.05, 3.63) is 42.5 Å². The first-order valence-corrected chi connectivity index (χ1v) is 12.8. The first kappa shape index (κ1) is 27.2. The lowest BCUT2D eigenvalue weighted by molar-refractivity contribution is -0.144. The quantitative estimate of drug-likeness (QED) is 0.304. The fraction of sp³-hybridized carbons (Fsp3) is 0.391. The summed E-state index contributed by atoms with van der Waals surface area (Å²) >= 11 is 0. The second kappa shape index (κ2) is 10.7. The number of fused-ring (bicyclic) bond motifs is 1. The highest BCUT2D eigenvalue weighted by atomic mass is 35.5. The molecule has 0 unspecified atom stereocenters. The molecular formula is C23H29ClN6O5S. The van der Waals surface area contributed by atoms with Gasteiger partial charge in [-0.05, 0) is 48.1 Å². The van der Waals surface area contributed by atoms with Crippen LogP contribution in [0.25, 0.3) is 10.8 Å². The molecule has 0 radical (unpaired) electrons. The summed E-state index contributed by atoms with van der Waals surface area (Å²) in [5.74, 6) is -3.98. The highest BCUT2D eigenvalue weighted by molar-refractivity contribution is 7.89. The van der Waals surface area contributed by atoms with Gasteiger partial charge in [-0.1, -0.05) is 30.3 Å². The van der Waals surface area contributed by atoms with Crippen LogP contribution in [0.1, 0.15) is 19.3 Å². The molecule has 6 N–H and O–H groups in total. The third kappa shape index (κ3) is 5.24. The van der Waals surface area contributed by atoms with Crippen LogP contribution >= 0.6 is 12.4 Å². The first-order valence-electron chi connectivity index (χ1n) is 11.3. The Morgan fingerprint density at radius 1 is 1.14 bits per heavy atom. The molecule has 2 aromatic carbocycles. The molecule has 0 spiro atoms. The van der Waals surface area contributed by atoms with E-state index in [0.29, 0.717) is 35.6 Å². The van der Waals surface area contributed by atoms with E-state index in [0.717, 1.165) is 5.39 Å². The molecule has 0 bridgehead atoms. The Morgan fingerprint density at radius 3 is 2.50 bits per heavy atom. The summed E-state index contributed by atoms with van der Waals surface area (Å²) in [5, 5.41) is 11.5. The maximum Gasteiger partial charge on any atom is 0.267 e. The maximum atomic E-state index is 13.7. The lowest BCUT2D eigenvalue weighted by atomic mass is 9.83. The lowest BCUT2D eigenvalue weighted by Crippen LogP contribution is -2.64. The minimum atomic E-state index is -4.48. The van der Waals surface area contributed by atoms with Gasteiger partial charge in [0.05, 0.1) is 17.4 Å². The van der Waals surface area contributed by atoms with Crippen molar-refractivity contribution < 1.29 is 22.8 Å². The molecule has 2 fully saturated rings. The molecule has 13 heteroatoms. The van der Waals surface area contributed by atoms with Crippen molar-refractivity contribution in [3.63, 3.8) is 0 Å². The van der Waals surface area contributed by atoms with Gasteiger partial charge >= 0.3 is 0 Å². The smallest absolute Gasteiger partial charge is 0.267 e. The normalized spacial score (nSPS) is 21.4. The number of likely N-dealkylation sites (tertiary alicyclic amines) is 1. The molecule has 0 aromatic heterocycles. The second-order valence-electron chi connectivity index (χ2n) is 8.95. The van der Waals surface area contributed by atoms with E-state index >= 15 is 0 Å². The molecule has 36 heavy (non-hydrogen) atoms. The van der Waals surface area contributed by atoms with Gasteiger partial charge in [-0.15, -0.1) is 12.4 Å². The molecule has 194 valence electrons. The average Bonchev–Trinajstić information content (AvgIpc) is 2.83. The zero-order valence-corrected chi connectivity index (χ0v) is 21.1. The predicted octanol–water partition coefficient (Wildman–Crippen LogP) is 0.374. The number of carbonyl (C=O) groups excluding carboxylic acids is 3. The van der Waals surface area contributed by atoms with E-state index in [1.165, 1.54) is 12.1 Å². The molecule has 2 saturated heterocycles. The van der Waals surface area contributed by atoms with Crippen molar-refractivity contribution >= 4 is 56.9 Å². The summed E-state index contributed by atoms with van der Waals surface area (Å²) in [6, 6.07) is 9.97. The van der Waals surface area contributed by atoms with Crippen LogP contribution in [0.2, 0.25) is 0 Å². The molecule has 2 aliphatic rings. The van der Waals surface area contributed by atoms with Crippen molar-refractivity contribution in [1.29, 1.82) is 5.41 Å². The Morgan fingerprint density at radius 2 is 1.83 bits per heavy atom. The number of rotatable bonds is 6. The number of nitrogens with two attached hydrogens (primary N) is 2. The van der Waals surface area contributed by atoms with Gasteiger partial charge in [-0.25, -0.2) is 12.7 Å². The number of hydrogen-bond acceptors (Lipinski definition) is 6. The molecular weight excluding hydrogens is 508 g/mol. The molecule has 2 heterocycles. The van der Waals surface area contributed by atoms with E-state index in [2.05, 4.69) is 5.32 Å². The van der Waals surface area contributed by atoms with Crippen LogP contribution in [0.5, 0.6) is 0 Å². The fourth-order valence-corrected chi connectivity index (χ4v) is 6.53. The number of sulfonamides is 1. The Bertz CT molecular complexity index is 1300. The van der Waals surface area contributed by atoms with Gasteiger partial charge in [0, 0.05) is 13.1 Å². The highest BCUT2D eigenvalue weighted by Gasteiger charge is 2.49. The summed E-state index contributed by atoms with van der Waals surface area (Å²) < 4.78 is 27.9. The molecule has 11 nitrogen and oxygen atoms in total. The molecule has 2 aromatic rings. The number of primary amides is 1. The Labute approximate surface area is 215 Å². The second-order valence-corrected chi connectivity index (χ2v) is 10.8. The minimum Gasteiger partial charge on any atom is -0.370 e. The first-order chi connectivity index (χ1) is 16.6. The van der Waals surface area contributed by atoms with E-state index in [4.69, 9.17) is 16.9 Å². The van der Waals surface area contributed by atoms with Crippen molar-refractivity contribution in [1.82, 2.24) is 14.5 Å². The third-order valence-corrected chi connectivity index (χ3v) is 8.45. The largest absolute Gasteiger partial charge is 0.370 e.